The van der Waals surface area contributed by atoms with Crippen molar-refractivity contribution in [1.29, 1.82) is 0 Å². The van der Waals surface area contributed by atoms with Crippen molar-refractivity contribution in [3.63, 3.8) is 0 Å². The molecule has 2 rings (SSSR count). The molecule has 1 aromatic heterocycles. The van der Waals surface area contributed by atoms with Gasteiger partial charge in [-0.05, 0) is 18.2 Å². The molecule has 2 aromatic rings. The zero-order valence-corrected chi connectivity index (χ0v) is 12.2. The van der Waals surface area contributed by atoms with Crippen LogP contribution in [-0.4, -0.2) is 10.1 Å². The number of aromatic nitrogens is 1. The van der Waals surface area contributed by atoms with Gasteiger partial charge in [-0.2, -0.15) is 0 Å². The minimum absolute atomic E-state index is 0.111. The normalized spacial score (nSPS) is 10.8. The van der Waals surface area contributed by atoms with Crippen molar-refractivity contribution in [1.82, 2.24) is 4.98 Å². The Morgan fingerprint density at radius 2 is 2.06 bits per heavy atom. The van der Waals surface area contributed by atoms with Gasteiger partial charge < -0.3 is 5.11 Å². The summed E-state index contributed by atoms with van der Waals surface area (Å²) >= 11 is 20.5. The Labute approximate surface area is 122 Å². The van der Waals surface area contributed by atoms with Crippen LogP contribution in [0, 0.1) is 0 Å². The van der Waals surface area contributed by atoms with Crippen LogP contribution in [0.1, 0.15) is 4.88 Å². The van der Waals surface area contributed by atoms with Crippen molar-refractivity contribution < 1.29 is 5.11 Å². The number of nitrogens with zero attached hydrogens (tertiary/aromatic N) is 1. The van der Waals surface area contributed by atoms with Crippen LogP contribution in [0.2, 0.25) is 15.2 Å². The third kappa shape index (κ3) is 3.28. The van der Waals surface area contributed by atoms with E-state index in [1.54, 1.807) is 18.2 Å². The van der Waals surface area contributed by atoms with Gasteiger partial charge in [0.05, 0.1) is 16.5 Å². The highest BCUT2D eigenvalue weighted by Crippen LogP contribution is 2.38. The van der Waals surface area contributed by atoms with Gasteiger partial charge in [0.15, 0.2) is 4.34 Å². The molecule has 90 valence electrons. The fourth-order valence-electron chi connectivity index (χ4n) is 1.10. The van der Waals surface area contributed by atoms with Gasteiger partial charge in [0.25, 0.3) is 0 Å². The molecule has 1 heterocycles. The highest BCUT2D eigenvalue weighted by Gasteiger charge is 2.11. The Bertz CT molecular complexity index is 544. The highest BCUT2D eigenvalue weighted by atomic mass is 35.5. The quantitative estimate of drug-likeness (QED) is 0.884. The molecule has 0 unspecified atom stereocenters. The molecule has 0 bridgehead atoms. The summed E-state index contributed by atoms with van der Waals surface area (Å²) in [5.74, 6) is 0. The van der Waals surface area contributed by atoms with Crippen LogP contribution in [0.4, 0.5) is 0 Å². The fourth-order valence-corrected chi connectivity index (χ4v) is 3.89. The summed E-state index contributed by atoms with van der Waals surface area (Å²) in [5, 5.41) is 10.6. The first-order valence-electron chi connectivity index (χ1n) is 4.49. The zero-order valence-electron chi connectivity index (χ0n) is 8.28. The molecule has 0 saturated heterocycles. The van der Waals surface area contributed by atoms with Crippen molar-refractivity contribution in [3.8, 4) is 0 Å². The molecule has 0 aliphatic rings. The Hall–Kier alpha value is 0.0300. The van der Waals surface area contributed by atoms with E-state index in [9.17, 15) is 0 Å². The molecule has 1 N–H and O–H groups in total. The molecule has 0 atom stereocenters. The third-order valence-corrected chi connectivity index (χ3v) is 5.12. The predicted molar refractivity (Wildman–Crippen MR) is 73.6 cm³/mol. The van der Waals surface area contributed by atoms with E-state index in [2.05, 4.69) is 4.98 Å². The van der Waals surface area contributed by atoms with Gasteiger partial charge in [0.1, 0.15) is 5.15 Å². The van der Waals surface area contributed by atoms with Crippen molar-refractivity contribution in [2.45, 2.75) is 15.8 Å². The van der Waals surface area contributed by atoms with E-state index in [1.807, 2.05) is 0 Å². The molecule has 0 aliphatic heterocycles. The van der Waals surface area contributed by atoms with Gasteiger partial charge in [0.2, 0.25) is 0 Å². The lowest BCUT2D eigenvalue weighted by molar-refractivity contribution is 0.285. The monoisotopic (exact) mass is 325 g/mol. The minimum atomic E-state index is -0.111. The third-order valence-electron chi connectivity index (χ3n) is 1.86. The molecule has 0 amide bonds. The molecule has 1 aromatic carbocycles. The van der Waals surface area contributed by atoms with E-state index in [-0.39, 0.29) is 6.61 Å². The Morgan fingerprint density at radius 1 is 1.29 bits per heavy atom. The summed E-state index contributed by atoms with van der Waals surface area (Å²) in [4.78, 5) is 5.59. The van der Waals surface area contributed by atoms with E-state index < -0.39 is 0 Å². The molecule has 0 radical (unpaired) electrons. The van der Waals surface area contributed by atoms with Crippen LogP contribution in [0.15, 0.2) is 27.4 Å². The lowest BCUT2D eigenvalue weighted by Gasteiger charge is -2.01. The van der Waals surface area contributed by atoms with E-state index >= 15 is 0 Å². The standard InChI is InChI=1S/C10H6Cl3NOS2/c11-5-1-2-6(12)7(3-5)16-10-14-9(13)8(4-15)17-10/h1-3,15H,4H2. The Balaban J connectivity index is 2.27. The van der Waals surface area contributed by atoms with Crippen molar-refractivity contribution in [2.75, 3.05) is 0 Å². The molecular weight excluding hydrogens is 321 g/mol. The summed E-state index contributed by atoms with van der Waals surface area (Å²) < 4.78 is 0.725. The molecule has 0 spiro atoms. The van der Waals surface area contributed by atoms with E-state index in [1.165, 1.54) is 23.1 Å². The molecule has 0 fully saturated rings. The Kier molecular flexibility index (Phi) is 4.58. The smallest absolute Gasteiger partial charge is 0.156 e. The van der Waals surface area contributed by atoms with E-state index in [0.717, 1.165) is 9.24 Å². The van der Waals surface area contributed by atoms with Crippen LogP contribution >= 0.6 is 57.9 Å². The first-order chi connectivity index (χ1) is 8.10. The number of rotatable bonds is 3. The molecule has 7 heteroatoms. The number of hydrogen-bond donors (Lipinski definition) is 1. The van der Waals surface area contributed by atoms with Crippen LogP contribution in [0.3, 0.4) is 0 Å². The molecule has 17 heavy (non-hydrogen) atoms. The van der Waals surface area contributed by atoms with Gasteiger partial charge in [0, 0.05) is 9.92 Å². The maximum Gasteiger partial charge on any atom is 0.156 e. The second-order valence-corrected chi connectivity index (χ2v) is 6.60. The largest absolute Gasteiger partial charge is 0.391 e. The highest BCUT2D eigenvalue weighted by molar-refractivity contribution is 8.01. The van der Waals surface area contributed by atoms with Crippen LogP contribution in [-0.2, 0) is 6.61 Å². The second-order valence-electron chi connectivity index (χ2n) is 3.03. The molecular formula is C10H6Cl3NOS2. The second kappa shape index (κ2) is 5.78. The van der Waals surface area contributed by atoms with Crippen LogP contribution in [0.25, 0.3) is 0 Å². The minimum Gasteiger partial charge on any atom is -0.391 e. The van der Waals surface area contributed by atoms with Crippen molar-refractivity contribution in [2.24, 2.45) is 0 Å². The van der Waals surface area contributed by atoms with Gasteiger partial charge in [-0.15, -0.1) is 11.3 Å². The summed E-state index contributed by atoms with van der Waals surface area (Å²) in [6.07, 6.45) is 0. The Morgan fingerprint density at radius 3 is 2.71 bits per heavy atom. The van der Waals surface area contributed by atoms with Gasteiger partial charge in [-0.3, -0.25) is 0 Å². The summed E-state index contributed by atoms with van der Waals surface area (Å²) in [7, 11) is 0. The molecule has 2 nitrogen and oxygen atoms in total. The SMILES string of the molecule is OCc1sc(Sc2cc(Cl)ccc2Cl)nc1Cl. The fraction of sp³-hybridized carbons (Fsp3) is 0.100. The lowest BCUT2D eigenvalue weighted by Crippen LogP contribution is -1.76. The number of aliphatic hydroxyl groups excluding tert-OH is 1. The zero-order chi connectivity index (χ0) is 12.4. The predicted octanol–water partition coefficient (Wildman–Crippen LogP) is 4.75. The van der Waals surface area contributed by atoms with Gasteiger partial charge >= 0.3 is 0 Å². The average Bonchev–Trinajstić information content (AvgIpc) is 2.64. The maximum absolute atomic E-state index is 9.03. The van der Waals surface area contributed by atoms with E-state index in [4.69, 9.17) is 39.9 Å². The first-order valence-corrected chi connectivity index (χ1v) is 7.26. The summed E-state index contributed by atoms with van der Waals surface area (Å²) in [5.41, 5.74) is 0. The number of hydrogen-bond acceptors (Lipinski definition) is 4. The van der Waals surface area contributed by atoms with E-state index in [0.29, 0.717) is 20.1 Å². The topological polar surface area (TPSA) is 33.1 Å². The lowest BCUT2D eigenvalue weighted by atomic mass is 10.4. The van der Waals surface area contributed by atoms with Crippen molar-refractivity contribution >= 4 is 57.9 Å². The molecule has 0 saturated carbocycles. The van der Waals surface area contributed by atoms with Crippen LogP contribution in [0.5, 0.6) is 0 Å². The summed E-state index contributed by atoms with van der Waals surface area (Å²) in [6.45, 7) is -0.111. The van der Waals surface area contributed by atoms with Crippen molar-refractivity contribution in [3.05, 3.63) is 38.3 Å². The first kappa shape index (κ1) is 13.5. The number of thiazole rings is 1. The molecule has 0 aliphatic carbocycles. The number of halogens is 3. The average molecular weight is 327 g/mol. The summed E-state index contributed by atoms with van der Waals surface area (Å²) in [6, 6.07) is 5.22. The van der Waals surface area contributed by atoms with Gasteiger partial charge in [-0.1, -0.05) is 46.6 Å². The number of benzene rings is 1. The number of aliphatic hydroxyl groups is 1. The van der Waals surface area contributed by atoms with Gasteiger partial charge in [-0.25, -0.2) is 4.98 Å². The van der Waals surface area contributed by atoms with Crippen LogP contribution < -0.4 is 0 Å². The maximum atomic E-state index is 9.03.